The van der Waals surface area contributed by atoms with Crippen LogP contribution < -0.4 is 9.64 Å². The molecule has 2 aliphatic heterocycles. The summed E-state index contributed by atoms with van der Waals surface area (Å²) in [5, 5.41) is 0. The van der Waals surface area contributed by atoms with Crippen LogP contribution in [0.5, 0.6) is 5.75 Å². The van der Waals surface area contributed by atoms with E-state index >= 15 is 0 Å². The Bertz CT molecular complexity index is 1030. The molecule has 2 aromatic carbocycles. The number of rotatable bonds is 6. The topological polar surface area (TPSA) is 76.2 Å². The van der Waals surface area contributed by atoms with Crippen LogP contribution >= 0.6 is 0 Å². The van der Waals surface area contributed by atoms with Gasteiger partial charge in [-0.3, -0.25) is 14.5 Å². The van der Waals surface area contributed by atoms with Crippen LogP contribution in [0, 0.1) is 0 Å². The Kier molecular flexibility index (Phi) is 5.03. The molecule has 0 saturated carbocycles. The Morgan fingerprint density at radius 2 is 1.90 bits per heavy atom. The predicted octanol–water partition coefficient (Wildman–Crippen LogP) is 2.90. The highest BCUT2D eigenvalue weighted by atomic mass is 16.5. The Labute approximate surface area is 174 Å². The summed E-state index contributed by atoms with van der Waals surface area (Å²) in [5.41, 5.74) is -0.0284. The third-order valence-electron chi connectivity index (χ3n) is 5.56. The second-order valence-electron chi connectivity index (χ2n) is 7.16. The van der Waals surface area contributed by atoms with Crippen LogP contribution in [0.15, 0.2) is 61.2 Å². The van der Waals surface area contributed by atoms with Crippen LogP contribution in [0.25, 0.3) is 0 Å². The standard InChI is InChI=1S/C23H22N2O5/c1-3-14-24-21(27)17-9-5-6-10-18(17)25-20(26)12-13-23(24,25)22(28)30-15-16-8-4-7-11-19(16)29-2/h3-11H,1,12-15H2,2H3/t23-/m1/s1. The highest BCUT2D eigenvalue weighted by Gasteiger charge is 2.61. The van der Waals surface area contributed by atoms with Gasteiger partial charge in [0.25, 0.3) is 5.91 Å². The number of fused-ring (bicyclic) bond motifs is 3. The summed E-state index contributed by atoms with van der Waals surface area (Å²) in [6.07, 6.45) is 1.84. The fourth-order valence-corrected chi connectivity index (χ4v) is 4.21. The van der Waals surface area contributed by atoms with Crippen LogP contribution in [0.4, 0.5) is 5.69 Å². The lowest BCUT2D eigenvalue weighted by Crippen LogP contribution is -2.68. The summed E-state index contributed by atoms with van der Waals surface area (Å²) in [7, 11) is 1.54. The number of ether oxygens (including phenoxy) is 2. The molecule has 7 nitrogen and oxygen atoms in total. The predicted molar refractivity (Wildman–Crippen MR) is 110 cm³/mol. The number of anilines is 1. The lowest BCUT2D eigenvalue weighted by atomic mass is 9.96. The molecule has 4 rings (SSSR count). The van der Waals surface area contributed by atoms with E-state index in [0.29, 0.717) is 22.6 Å². The van der Waals surface area contributed by atoms with Crippen molar-refractivity contribution in [2.24, 2.45) is 0 Å². The Morgan fingerprint density at radius 3 is 2.67 bits per heavy atom. The molecule has 1 saturated heterocycles. The third kappa shape index (κ3) is 2.85. The van der Waals surface area contributed by atoms with Gasteiger partial charge < -0.3 is 14.4 Å². The third-order valence-corrected chi connectivity index (χ3v) is 5.56. The van der Waals surface area contributed by atoms with Gasteiger partial charge in [-0.05, 0) is 18.2 Å². The molecule has 2 heterocycles. The van der Waals surface area contributed by atoms with E-state index in [2.05, 4.69) is 6.58 Å². The van der Waals surface area contributed by atoms with Crippen LogP contribution in [0.3, 0.4) is 0 Å². The first kappa shape index (κ1) is 19.7. The molecule has 0 aliphatic carbocycles. The first-order valence-corrected chi connectivity index (χ1v) is 9.68. The molecule has 0 radical (unpaired) electrons. The maximum Gasteiger partial charge on any atom is 0.354 e. The van der Waals surface area contributed by atoms with Gasteiger partial charge in [-0.25, -0.2) is 4.79 Å². The molecule has 1 fully saturated rings. The molecular formula is C23H22N2O5. The molecule has 7 heteroatoms. The van der Waals surface area contributed by atoms with E-state index in [1.807, 2.05) is 12.1 Å². The summed E-state index contributed by atoms with van der Waals surface area (Å²) in [6, 6.07) is 14.0. The number of carbonyl (C=O) groups is 3. The summed E-state index contributed by atoms with van der Waals surface area (Å²) in [5.74, 6) is -0.608. The molecule has 0 aromatic heterocycles. The summed E-state index contributed by atoms with van der Waals surface area (Å²) in [6.45, 7) is 3.79. The maximum atomic E-state index is 13.5. The van der Waals surface area contributed by atoms with Crippen molar-refractivity contribution in [3.63, 3.8) is 0 Å². The first-order valence-electron chi connectivity index (χ1n) is 9.68. The van der Waals surface area contributed by atoms with Crippen LogP contribution in [-0.2, 0) is 20.9 Å². The number of esters is 1. The van der Waals surface area contributed by atoms with Crippen molar-refractivity contribution in [1.82, 2.24) is 4.90 Å². The number of methoxy groups -OCH3 is 1. The maximum absolute atomic E-state index is 13.5. The molecule has 2 aliphatic rings. The summed E-state index contributed by atoms with van der Waals surface area (Å²) < 4.78 is 11.0. The van der Waals surface area contributed by atoms with Crippen LogP contribution in [-0.4, -0.2) is 42.0 Å². The van der Waals surface area contributed by atoms with Crippen molar-refractivity contribution in [3.05, 3.63) is 72.3 Å². The average molecular weight is 406 g/mol. The Hall–Kier alpha value is -3.61. The SMILES string of the molecule is C=CCN1C(=O)c2ccccc2N2C(=O)CC[C@@]12C(=O)OCc1ccccc1OC. The summed E-state index contributed by atoms with van der Waals surface area (Å²) >= 11 is 0. The Balaban J connectivity index is 1.74. The second kappa shape index (κ2) is 7.67. The molecule has 154 valence electrons. The minimum absolute atomic E-state index is 0.0373. The van der Waals surface area contributed by atoms with Gasteiger partial charge in [0.2, 0.25) is 11.6 Å². The van der Waals surface area contributed by atoms with Crippen molar-refractivity contribution < 1.29 is 23.9 Å². The first-order chi connectivity index (χ1) is 14.5. The van der Waals surface area contributed by atoms with E-state index in [1.165, 1.54) is 9.80 Å². The lowest BCUT2D eigenvalue weighted by Gasteiger charge is -2.48. The zero-order valence-electron chi connectivity index (χ0n) is 16.7. The van der Waals surface area contributed by atoms with Crippen molar-refractivity contribution >= 4 is 23.5 Å². The quantitative estimate of drug-likeness (QED) is 0.545. The average Bonchev–Trinajstić information content (AvgIpc) is 3.13. The molecule has 0 bridgehead atoms. The highest BCUT2D eigenvalue weighted by molar-refractivity contribution is 6.15. The molecular weight excluding hydrogens is 384 g/mol. The van der Waals surface area contributed by atoms with E-state index in [1.54, 1.807) is 49.6 Å². The molecule has 0 unspecified atom stereocenters. The van der Waals surface area contributed by atoms with E-state index < -0.39 is 11.6 Å². The summed E-state index contributed by atoms with van der Waals surface area (Å²) in [4.78, 5) is 42.4. The zero-order chi connectivity index (χ0) is 21.3. The molecule has 30 heavy (non-hydrogen) atoms. The number of amides is 2. The van der Waals surface area contributed by atoms with Crippen molar-refractivity contribution in [2.45, 2.75) is 25.1 Å². The van der Waals surface area contributed by atoms with E-state index in [0.717, 1.165) is 0 Å². The molecule has 0 spiro atoms. The number of benzene rings is 2. The van der Waals surface area contributed by atoms with Crippen molar-refractivity contribution in [3.8, 4) is 5.75 Å². The lowest BCUT2D eigenvalue weighted by molar-refractivity contribution is -0.158. The van der Waals surface area contributed by atoms with Crippen molar-refractivity contribution in [2.75, 3.05) is 18.6 Å². The molecule has 0 N–H and O–H groups in total. The monoisotopic (exact) mass is 406 g/mol. The van der Waals surface area contributed by atoms with E-state index in [9.17, 15) is 14.4 Å². The number of hydrogen-bond acceptors (Lipinski definition) is 5. The van der Waals surface area contributed by atoms with Gasteiger partial charge in [0.1, 0.15) is 12.4 Å². The van der Waals surface area contributed by atoms with Gasteiger partial charge in [0, 0.05) is 24.9 Å². The van der Waals surface area contributed by atoms with Gasteiger partial charge >= 0.3 is 5.97 Å². The van der Waals surface area contributed by atoms with Gasteiger partial charge in [-0.2, -0.15) is 0 Å². The van der Waals surface area contributed by atoms with Crippen LogP contribution in [0.2, 0.25) is 0 Å². The molecule has 2 amide bonds. The Morgan fingerprint density at radius 1 is 1.17 bits per heavy atom. The largest absolute Gasteiger partial charge is 0.496 e. The molecule has 1 atom stereocenters. The van der Waals surface area contributed by atoms with Gasteiger partial charge in [0.05, 0.1) is 18.4 Å². The van der Waals surface area contributed by atoms with Gasteiger partial charge in [0.15, 0.2) is 0 Å². The van der Waals surface area contributed by atoms with Crippen LogP contribution in [0.1, 0.15) is 28.8 Å². The minimum Gasteiger partial charge on any atom is -0.496 e. The van der Waals surface area contributed by atoms with E-state index in [-0.39, 0.29) is 37.8 Å². The smallest absolute Gasteiger partial charge is 0.354 e. The zero-order valence-corrected chi connectivity index (χ0v) is 16.7. The number of carbonyl (C=O) groups excluding carboxylic acids is 3. The number of nitrogens with zero attached hydrogens (tertiary/aromatic N) is 2. The fourth-order valence-electron chi connectivity index (χ4n) is 4.21. The number of hydrogen-bond donors (Lipinski definition) is 0. The highest BCUT2D eigenvalue weighted by Crippen LogP contribution is 2.45. The number of para-hydroxylation sites is 2. The normalized spacial score (nSPS) is 19.9. The van der Waals surface area contributed by atoms with Crippen molar-refractivity contribution in [1.29, 1.82) is 0 Å². The van der Waals surface area contributed by atoms with Gasteiger partial charge in [-0.15, -0.1) is 6.58 Å². The molecule has 2 aromatic rings. The van der Waals surface area contributed by atoms with Gasteiger partial charge in [-0.1, -0.05) is 36.4 Å². The second-order valence-corrected chi connectivity index (χ2v) is 7.16. The van der Waals surface area contributed by atoms with E-state index in [4.69, 9.17) is 9.47 Å². The minimum atomic E-state index is -1.53. The fraction of sp³-hybridized carbons (Fsp3) is 0.261.